The molecule has 0 bridgehead atoms. The quantitative estimate of drug-likeness (QED) is 0.407. The molecule has 208 valence electrons. The van der Waals surface area contributed by atoms with Gasteiger partial charge in [-0.15, -0.1) is 0 Å². The minimum Gasteiger partial charge on any atom is -0.375 e. The molecule has 1 amide bonds. The molecule has 0 spiro atoms. The maximum atomic E-state index is 13.4. The summed E-state index contributed by atoms with van der Waals surface area (Å²) in [5.41, 5.74) is 2.05. The van der Waals surface area contributed by atoms with Gasteiger partial charge < -0.3 is 9.64 Å². The number of rotatable bonds is 8. The van der Waals surface area contributed by atoms with Crippen molar-refractivity contribution in [2.24, 2.45) is 0 Å². The third-order valence-corrected chi connectivity index (χ3v) is 9.64. The van der Waals surface area contributed by atoms with Crippen LogP contribution in [0, 0.1) is 0 Å². The third kappa shape index (κ3) is 6.05. The predicted octanol–water partition coefficient (Wildman–Crippen LogP) is 3.77. The van der Waals surface area contributed by atoms with Gasteiger partial charge in [-0.2, -0.15) is 4.31 Å². The van der Waals surface area contributed by atoms with E-state index in [0.717, 1.165) is 48.1 Å². The smallest absolute Gasteiger partial charge is 0.252 e. The monoisotopic (exact) mass is 571 g/mol. The van der Waals surface area contributed by atoms with Gasteiger partial charge in [-0.3, -0.25) is 14.8 Å². The maximum absolute atomic E-state index is 13.4. The molecule has 3 aromatic rings. The molecule has 0 N–H and O–H groups in total. The van der Waals surface area contributed by atoms with Crippen molar-refractivity contribution in [2.75, 3.05) is 51.3 Å². The molecule has 39 heavy (non-hydrogen) atoms. The molecule has 5 rings (SSSR count). The molecule has 3 heterocycles. The highest BCUT2D eigenvalue weighted by Crippen LogP contribution is 2.27. The molecule has 0 radical (unpaired) electrons. The number of ether oxygens (including phenoxy) is 1. The van der Waals surface area contributed by atoms with Crippen LogP contribution in [0.5, 0.6) is 0 Å². The Labute approximate surface area is 234 Å². The number of aromatic nitrogens is 1. The fourth-order valence-corrected chi connectivity index (χ4v) is 6.93. The summed E-state index contributed by atoms with van der Waals surface area (Å²) in [6, 6.07) is 14.6. The Hall–Kier alpha value is -2.76. The van der Waals surface area contributed by atoms with Gasteiger partial charge in [0.25, 0.3) is 5.91 Å². The number of hydrazine groups is 1. The number of piperazine rings is 1. The van der Waals surface area contributed by atoms with E-state index in [4.69, 9.17) is 16.3 Å². The van der Waals surface area contributed by atoms with Gasteiger partial charge in [-0.25, -0.2) is 13.4 Å². The fourth-order valence-electron chi connectivity index (χ4n) is 5.33. The zero-order chi connectivity index (χ0) is 27.6. The average Bonchev–Trinajstić information content (AvgIpc) is 2.95. The molecular formula is C28H34ClN5O4S. The summed E-state index contributed by atoms with van der Waals surface area (Å²) in [5.74, 6) is -0.211. The molecule has 0 saturated carbocycles. The lowest BCUT2D eigenvalue weighted by Gasteiger charge is -2.45. The molecule has 2 aliphatic heterocycles. The summed E-state index contributed by atoms with van der Waals surface area (Å²) < 4.78 is 33.5. The van der Waals surface area contributed by atoms with Gasteiger partial charge in [-0.1, -0.05) is 23.7 Å². The number of fused-ring (bicyclic) bond motifs is 1. The van der Waals surface area contributed by atoms with E-state index in [0.29, 0.717) is 24.8 Å². The van der Waals surface area contributed by atoms with Gasteiger partial charge in [0.2, 0.25) is 10.0 Å². The highest BCUT2D eigenvalue weighted by Gasteiger charge is 2.36. The molecule has 2 saturated heterocycles. The standard InChI is InChI=1S/C28H34ClN5O4S/c1-3-38-20-24-18-26(8-11-30-24)32-12-9-25(10-13-32)31(2)34-15-14-33(19-28(34)35)39(36,37)27-7-5-21-16-23(29)6-4-22(21)17-27/h4-8,11,16-18,25H,3,9-10,12-15,19-20H2,1-2H3. The minimum absolute atomic E-state index is 0.177. The number of hydrogen-bond donors (Lipinski definition) is 0. The topological polar surface area (TPSA) is 86.3 Å². The first-order valence-electron chi connectivity index (χ1n) is 13.3. The van der Waals surface area contributed by atoms with Crippen LogP contribution in [0.3, 0.4) is 0 Å². The number of anilines is 1. The first kappa shape index (κ1) is 27.8. The van der Waals surface area contributed by atoms with Gasteiger partial charge in [0, 0.05) is 56.2 Å². The van der Waals surface area contributed by atoms with E-state index in [1.807, 2.05) is 31.2 Å². The van der Waals surface area contributed by atoms with Crippen molar-refractivity contribution in [3.8, 4) is 0 Å². The number of sulfonamides is 1. The van der Waals surface area contributed by atoms with E-state index in [1.165, 1.54) is 4.31 Å². The molecule has 0 aliphatic carbocycles. The average molecular weight is 572 g/mol. The maximum Gasteiger partial charge on any atom is 0.252 e. The van der Waals surface area contributed by atoms with Crippen molar-refractivity contribution < 1.29 is 17.9 Å². The van der Waals surface area contributed by atoms with Crippen LogP contribution in [0.4, 0.5) is 5.69 Å². The zero-order valence-corrected chi connectivity index (χ0v) is 23.9. The van der Waals surface area contributed by atoms with Crippen LogP contribution >= 0.6 is 11.6 Å². The Bertz CT molecular complexity index is 1440. The Kier molecular flexibility index (Phi) is 8.39. The molecule has 9 nitrogen and oxygen atoms in total. The van der Waals surface area contributed by atoms with Crippen LogP contribution in [0.15, 0.2) is 59.6 Å². The second-order valence-corrected chi connectivity index (χ2v) is 12.3. The van der Waals surface area contributed by atoms with E-state index in [-0.39, 0.29) is 29.9 Å². The Balaban J connectivity index is 1.19. The Morgan fingerprint density at radius 2 is 1.77 bits per heavy atom. The third-order valence-electron chi connectivity index (χ3n) is 7.57. The normalized spacial score (nSPS) is 17.9. The van der Waals surface area contributed by atoms with Crippen LogP contribution in [0.25, 0.3) is 10.8 Å². The van der Waals surface area contributed by atoms with Gasteiger partial charge >= 0.3 is 0 Å². The first-order chi connectivity index (χ1) is 18.8. The number of pyridine rings is 1. The van der Waals surface area contributed by atoms with Crippen molar-refractivity contribution in [1.29, 1.82) is 0 Å². The number of carbonyl (C=O) groups excluding carboxylic acids is 1. The number of hydrogen-bond acceptors (Lipinski definition) is 7. The van der Waals surface area contributed by atoms with E-state index < -0.39 is 10.0 Å². The van der Waals surface area contributed by atoms with Gasteiger partial charge in [0.05, 0.1) is 30.3 Å². The molecule has 0 unspecified atom stereocenters. The lowest BCUT2D eigenvalue weighted by Crippen LogP contribution is -2.60. The van der Waals surface area contributed by atoms with Crippen LogP contribution in [0.1, 0.15) is 25.5 Å². The summed E-state index contributed by atoms with van der Waals surface area (Å²) in [5, 5.41) is 5.97. The van der Waals surface area contributed by atoms with E-state index in [2.05, 4.69) is 16.0 Å². The zero-order valence-electron chi connectivity index (χ0n) is 22.3. The summed E-state index contributed by atoms with van der Waals surface area (Å²) in [7, 11) is -1.87. The Morgan fingerprint density at radius 1 is 1.03 bits per heavy atom. The number of halogens is 1. The van der Waals surface area contributed by atoms with Crippen LogP contribution < -0.4 is 4.90 Å². The molecular weight excluding hydrogens is 538 g/mol. The second kappa shape index (κ2) is 11.8. The number of benzene rings is 2. The number of nitrogens with zero attached hydrogens (tertiary/aromatic N) is 5. The molecule has 2 aliphatic rings. The highest BCUT2D eigenvalue weighted by molar-refractivity contribution is 7.89. The van der Waals surface area contributed by atoms with Gasteiger partial charge in [0.1, 0.15) is 0 Å². The van der Waals surface area contributed by atoms with Crippen LogP contribution in [0.2, 0.25) is 5.02 Å². The van der Waals surface area contributed by atoms with Crippen LogP contribution in [-0.2, 0) is 26.2 Å². The van der Waals surface area contributed by atoms with Crippen molar-refractivity contribution >= 4 is 44.0 Å². The van der Waals surface area contributed by atoms with Crippen molar-refractivity contribution in [3.05, 3.63) is 65.4 Å². The van der Waals surface area contributed by atoms with E-state index >= 15 is 0 Å². The Morgan fingerprint density at radius 3 is 2.51 bits per heavy atom. The number of amides is 1. The summed E-state index contributed by atoms with van der Waals surface area (Å²) >= 11 is 6.06. The molecule has 2 fully saturated rings. The van der Waals surface area contributed by atoms with Gasteiger partial charge in [-0.05, 0) is 66.9 Å². The molecule has 0 atom stereocenters. The lowest BCUT2D eigenvalue weighted by atomic mass is 10.0. The van der Waals surface area contributed by atoms with Gasteiger partial charge in [0.15, 0.2) is 0 Å². The summed E-state index contributed by atoms with van der Waals surface area (Å²) in [6.07, 6.45) is 3.61. The lowest BCUT2D eigenvalue weighted by molar-refractivity contribution is -0.156. The second-order valence-electron chi connectivity index (χ2n) is 9.94. The van der Waals surface area contributed by atoms with E-state index in [1.54, 1.807) is 41.4 Å². The molecule has 11 heteroatoms. The highest BCUT2D eigenvalue weighted by atomic mass is 35.5. The predicted molar refractivity (Wildman–Crippen MR) is 152 cm³/mol. The fraction of sp³-hybridized carbons (Fsp3) is 0.429. The SMILES string of the molecule is CCOCc1cc(N2CCC(N(C)N3CCN(S(=O)(=O)c4ccc5cc(Cl)ccc5c4)CC3=O)CC2)ccn1. The van der Waals surface area contributed by atoms with E-state index in [9.17, 15) is 13.2 Å². The molecule has 1 aromatic heterocycles. The van der Waals surface area contributed by atoms with Crippen LogP contribution in [-0.4, -0.2) is 86.1 Å². The summed E-state index contributed by atoms with van der Waals surface area (Å²) in [6.45, 7) is 5.25. The van der Waals surface area contributed by atoms with Crippen molar-refractivity contribution in [1.82, 2.24) is 19.3 Å². The summed E-state index contributed by atoms with van der Waals surface area (Å²) in [4.78, 5) is 20.1. The number of piperidine rings is 1. The van der Waals surface area contributed by atoms with Crippen molar-refractivity contribution in [2.45, 2.75) is 37.3 Å². The minimum atomic E-state index is -3.80. The first-order valence-corrected chi connectivity index (χ1v) is 15.1. The van der Waals surface area contributed by atoms with Crippen molar-refractivity contribution in [3.63, 3.8) is 0 Å². The number of carbonyl (C=O) groups is 1. The largest absolute Gasteiger partial charge is 0.375 e. The molecule has 2 aromatic carbocycles.